The van der Waals surface area contributed by atoms with E-state index in [2.05, 4.69) is 20.0 Å². The number of rotatable bonds is 6. The van der Waals surface area contributed by atoms with E-state index in [0.717, 1.165) is 28.2 Å². The summed E-state index contributed by atoms with van der Waals surface area (Å²) in [5.74, 6) is 0.806. The summed E-state index contributed by atoms with van der Waals surface area (Å²) in [6.07, 6.45) is 2.30. The Labute approximate surface area is 174 Å². The van der Waals surface area contributed by atoms with Crippen molar-refractivity contribution in [2.45, 2.75) is 26.8 Å². The number of aryl methyl sites for hydroxylation is 1. The first kappa shape index (κ1) is 19.2. The first-order valence-corrected chi connectivity index (χ1v) is 9.99. The lowest BCUT2D eigenvalue weighted by Gasteiger charge is -2.10. The first-order valence-electron chi connectivity index (χ1n) is 9.61. The number of hydrogen-bond acceptors (Lipinski definition) is 3. The van der Waals surface area contributed by atoms with E-state index in [4.69, 9.17) is 11.6 Å². The van der Waals surface area contributed by atoms with Gasteiger partial charge >= 0.3 is 0 Å². The van der Waals surface area contributed by atoms with Gasteiger partial charge in [-0.3, -0.25) is 4.79 Å². The quantitative estimate of drug-likeness (QED) is 0.521. The highest BCUT2D eigenvalue weighted by atomic mass is 35.5. The van der Waals surface area contributed by atoms with Gasteiger partial charge in [-0.2, -0.15) is 5.10 Å². The Kier molecular flexibility index (Phi) is 5.36. The molecule has 2 heterocycles. The van der Waals surface area contributed by atoms with E-state index in [1.807, 2.05) is 62.4 Å². The fourth-order valence-electron chi connectivity index (χ4n) is 3.59. The molecule has 2 aromatic carbocycles. The number of nitrogens with zero attached hydrogens (tertiary/aromatic N) is 4. The molecule has 0 radical (unpaired) electrons. The molecule has 0 aliphatic carbocycles. The molecule has 0 atom stereocenters. The number of carbonyl (C=O) groups is 1. The molecular weight excluding hydrogens is 386 g/mol. The number of aromatic nitrogens is 4. The molecule has 4 aromatic rings. The molecule has 7 heteroatoms. The van der Waals surface area contributed by atoms with E-state index in [-0.39, 0.29) is 5.91 Å². The van der Waals surface area contributed by atoms with Gasteiger partial charge in [0.1, 0.15) is 5.82 Å². The van der Waals surface area contributed by atoms with Gasteiger partial charge in [0.25, 0.3) is 5.91 Å². The molecule has 6 nitrogen and oxygen atoms in total. The first-order chi connectivity index (χ1) is 14.1. The van der Waals surface area contributed by atoms with Crippen molar-refractivity contribution < 1.29 is 4.79 Å². The molecule has 0 aliphatic heterocycles. The summed E-state index contributed by atoms with van der Waals surface area (Å²) in [5, 5.41) is 8.06. The maximum absolute atomic E-state index is 12.8. The minimum Gasteiger partial charge on any atom is -0.350 e. The molecule has 0 aliphatic rings. The van der Waals surface area contributed by atoms with Crippen LogP contribution in [-0.2, 0) is 13.0 Å². The number of hydrogen-bond donors (Lipinski definition) is 1. The molecule has 0 bridgehead atoms. The van der Waals surface area contributed by atoms with Gasteiger partial charge in [0.15, 0.2) is 0 Å². The van der Waals surface area contributed by atoms with Crippen molar-refractivity contribution in [3.05, 3.63) is 76.8 Å². The lowest BCUT2D eigenvalue weighted by Crippen LogP contribution is -2.28. The number of amides is 1. The van der Waals surface area contributed by atoms with Gasteiger partial charge in [0, 0.05) is 18.1 Å². The van der Waals surface area contributed by atoms with Crippen molar-refractivity contribution in [3.63, 3.8) is 0 Å². The third-order valence-corrected chi connectivity index (χ3v) is 5.20. The van der Waals surface area contributed by atoms with Crippen molar-refractivity contribution in [1.82, 2.24) is 24.6 Å². The van der Waals surface area contributed by atoms with E-state index in [1.54, 1.807) is 10.9 Å². The van der Waals surface area contributed by atoms with Crippen LogP contribution in [-0.4, -0.2) is 31.8 Å². The van der Waals surface area contributed by atoms with Crippen LogP contribution in [0.1, 0.15) is 28.8 Å². The minimum absolute atomic E-state index is 0.128. The van der Waals surface area contributed by atoms with Crippen LogP contribution in [0.15, 0.2) is 54.7 Å². The zero-order valence-corrected chi connectivity index (χ0v) is 17.1. The van der Waals surface area contributed by atoms with Crippen molar-refractivity contribution in [2.75, 3.05) is 6.54 Å². The number of halogens is 1. The Balaban J connectivity index is 1.50. The fraction of sp³-hybridized carbons (Fsp3) is 0.227. The molecule has 4 rings (SSSR count). The standard InChI is InChI=1S/C22H22ClN5O/c1-3-20-18(14-25-28(20)17-8-6-7-16(23)13-17)22(29)24-11-12-27-15(2)26-19-9-4-5-10-21(19)27/h4-10,13-14H,3,11-12H2,1-2H3,(H,24,29). The maximum Gasteiger partial charge on any atom is 0.254 e. The second kappa shape index (κ2) is 8.09. The Morgan fingerprint density at radius 3 is 2.79 bits per heavy atom. The van der Waals surface area contributed by atoms with Crippen LogP contribution >= 0.6 is 11.6 Å². The molecule has 0 fully saturated rings. The van der Waals surface area contributed by atoms with Crippen LogP contribution in [0.5, 0.6) is 0 Å². The van der Waals surface area contributed by atoms with E-state index >= 15 is 0 Å². The Bertz CT molecular complexity index is 1180. The SMILES string of the molecule is CCc1c(C(=O)NCCn2c(C)nc3ccccc32)cnn1-c1cccc(Cl)c1. The number of benzene rings is 2. The van der Waals surface area contributed by atoms with Crippen molar-refractivity contribution in [1.29, 1.82) is 0 Å². The molecular formula is C22H22ClN5O. The smallest absolute Gasteiger partial charge is 0.254 e. The number of nitrogens with one attached hydrogen (secondary N) is 1. The number of carbonyl (C=O) groups excluding carboxylic acids is 1. The lowest BCUT2D eigenvalue weighted by atomic mass is 10.2. The van der Waals surface area contributed by atoms with Gasteiger partial charge in [-0.25, -0.2) is 9.67 Å². The largest absolute Gasteiger partial charge is 0.350 e. The molecule has 29 heavy (non-hydrogen) atoms. The molecule has 148 valence electrons. The van der Waals surface area contributed by atoms with Gasteiger partial charge in [0.05, 0.1) is 34.2 Å². The summed E-state index contributed by atoms with van der Waals surface area (Å²) in [6, 6.07) is 15.5. The van der Waals surface area contributed by atoms with E-state index < -0.39 is 0 Å². The zero-order valence-electron chi connectivity index (χ0n) is 16.4. The Hall–Kier alpha value is -3.12. The summed E-state index contributed by atoms with van der Waals surface area (Å²) < 4.78 is 3.89. The molecule has 1 amide bonds. The summed E-state index contributed by atoms with van der Waals surface area (Å²) in [4.78, 5) is 17.4. The highest BCUT2D eigenvalue weighted by Gasteiger charge is 2.17. The molecule has 1 N–H and O–H groups in total. The topological polar surface area (TPSA) is 64.7 Å². The monoisotopic (exact) mass is 407 g/mol. The van der Waals surface area contributed by atoms with E-state index in [0.29, 0.717) is 30.1 Å². The summed E-state index contributed by atoms with van der Waals surface area (Å²) in [6.45, 7) is 5.15. The van der Waals surface area contributed by atoms with Crippen LogP contribution < -0.4 is 5.32 Å². The van der Waals surface area contributed by atoms with Crippen molar-refractivity contribution in [3.8, 4) is 5.69 Å². The summed E-state index contributed by atoms with van der Waals surface area (Å²) >= 11 is 6.10. The van der Waals surface area contributed by atoms with Crippen LogP contribution in [0.25, 0.3) is 16.7 Å². The highest BCUT2D eigenvalue weighted by Crippen LogP contribution is 2.19. The predicted molar refractivity (Wildman–Crippen MR) is 115 cm³/mol. The van der Waals surface area contributed by atoms with Gasteiger partial charge in [-0.05, 0) is 43.7 Å². The van der Waals surface area contributed by atoms with Crippen molar-refractivity contribution >= 4 is 28.5 Å². The van der Waals surface area contributed by atoms with E-state index in [1.165, 1.54) is 0 Å². The number of fused-ring (bicyclic) bond motifs is 1. The number of imidazole rings is 1. The minimum atomic E-state index is -0.128. The molecule has 0 unspecified atom stereocenters. The second-order valence-corrected chi connectivity index (χ2v) is 7.24. The summed E-state index contributed by atoms with van der Waals surface area (Å²) in [5.41, 5.74) is 4.32. The zero-order chi connectivity index (χ0) is 20.4. The van der Waals surface area contributed by atoms with E-state index in [9.17, 15) is 4.79 Å². The Morgan fingerprint density at radius 2 is 2.00 bits per heavy atom. The highest BCUT2D eigenvalue weighted by molar-refractivity contribution is 6.30. The Morgan fingerprint density at radius 1 is 1.17 bits per heavy atom. The van der Waals surface area contributed by atoms with Gasteiger partial charge < -0.3 is 9.88 Å². The van der Waals surface area contributed by atoms with Gasteiger partial charge in [-0.1, -0.05) is 36.7 Å². The second-order valence-electron chi connectivity index (χ2n) is 6.81. The maximum atomic E-state index is 12.8. The fourth-order valence-corrected chi connectivity index (χ4v) is 3.77. The molecule has 0 saturated heterocycles. The third kappa shape index (κ3) is 3.76. The predicted octanol–water partition coefficient (Wildman–Crippen LogP) is 4.18. The average molecular weight is 408 g/mol. The van der Waals surface area contributed by atoms with Gasteiger partial charge in [0.2, 0.25) is 0 Å². The van der Waals surface area contributed by atoms with Crippen LogP contribution in [0.2, 0.25) is 5.02 Å². The summed E-state index contributed by atoms with van der Waals surface area (Å²) in [7, 11) is 0. The average Bonchev–Trinajstić information content (AvgIpc) is 3.29. The third-order valence-electron chi connectivity index (χ3n) is 4.97. The molecule has 0 spiro atoms. The molecule has 2 aromatic heterocycles. The number of para-hydroxylation sites is 2. The molecule has 0 saturated carbocycles. The van der Waals surface area contributed by atoms with Gasteiger partial charge in [-0.15, -0.1) is 0 Å². The van der Waals surface area contributed by atoms with Crippen molar-refractivity contribution in [2.24, 2.45) is 0 Å². The van der Waals surface area contributed by atoms with Crippen LogP contribution in [0.3, 0.4) is 0 Å². The van der Waals surface area contributed by atoms with Crippen LogP contribution in [0.4, 0.5) is 0 Å². The lowest BCUT2D eigenvalue weighted by molar-refractivity contribution is 0.0951. The normalized spacial score (nSPS) is 11.1. The van der Waals surface area contributed by atoms with Crippen LogP contribution in [0, 0.1) is 6.92 Å².